The average molecular weight is 490 g/mol. The molecular weight excluding hydrogens is 461 g/mol. The second-order valence-corrected chi connectivity index (χ2v) is 11.9. The summed E-state index contributed by atoms with van der Waals surface area (Å²) in [5, 5.41) is 2.76. The van der Waals surface area contributed by atoms with Crippen molar-refractivity contribution in [2.75, 3.05) is 19.6 Å². The maximum absolute atomic E-state index is 13.2. The smallest absolute Gasteiger partial charge is 0.277 e. The number of piperidine rings is 2. The highest BCUT2D eigenvalue weighted by Crippen LogP contribution is 2.37. The molecule has 176 valence electrons. The average Bonchev–Trinajstić information content (AvgIpc) is 3.34. The second-order valence-electron chi connectivity index (χ2n) is 9.06. The number of hydrogen-bond acceptors (Lipinski definition) is 5. The Hall–Kier alpha value is -2.10. The summed E-state index contributed by atoms with van der Waals surface area (Å²) in [6, 6.07) is 4.95. The third-order valence-corrected chi connectivity index (χ3v) is 9.94. The van der Waals surface area contributed by atoms with E-state index in [9.17, 15) is 17.6 Å². The number of amides is 1. The summed E-state index contributed by atoms with van der Waals surface area (Å²) in [6.07, 6.45) is 9.14. The first-order valence-corrected chi connectivity index (χ1v) is 14.0. The van der Waals surface area contributed by atoms with Crippen molar-refractivity contribution in [2.45, 2.75) is 55.8 Å². The molecule has 0 saturated carbocycles. The Morgan fingerprint density at radius 1 is 1.00 bits per heavy atom. The Labute approximate surface area is 198 Å². The van der Waals surface area contributed by atoms with Gasteiger partial charge in [0.1, 0.15) is 11.5 Å². The van der Waals surface area contributed by atoms with Gasteiger partial charge in [0.05, 0.1) is 9.90 Å². The molecule has 1 unspecified atom stereocenters. The molecular formula is C24H28FN3O3S2. The molecule has 1 aliphatic carbocycles. The number of benzene rings is 1. The number of nitrogens with zero attached hydrogens (tertiary/aromatic N) is 3. The van der Waals surface area contributed by atoms with Crippen molar-refractivity contribution in [1.82, 2.24) is 14.2 Å². The second kappa shape index (κ2) is 9.27. The van der Waals surface area contributed by atoms with E-state index in [-0.39, 0.29) is 16.7 Å². The molecule has 0 radical (unpaired) electrons. The van der Waals surface area contributed by atoms with Gasteiger partial charge in [-0.3, -0.25) is 4.79 Å². The first-order chi connectivity index (χ1) is 15.9. The lowest BCUT2D eigenvalue weighted by Gasteiger charge is -2.37. The number of likely N-dealkylation sites (tertiary alicyclic amines) is 1. The van der Waals surface area contributed by atoms with Crippen LogP contribution in [0.4, 0.5) is 4.39 Å². The van der Waals surface area contributed by atoms with Crippen molar-refractivity contribution in [2.24, 2.45) is 5.92 Å². The molecule has 0 bridgehead atoms. The SMILES string of the molecule is O=C(c1csc(C2CCN(S(=O)(=O)c3ccc(F)cc3)CC2)n1)N1CCCC2CCCC=C21. The van der Waals surface area contributed by atoms with Crippen molar-refractivity contribution in [3.8, 4) is 0 Å². The van der Waals surface area contributed by atoms with Crippen LogP contribution in [-0.4, -0.2) is 48.1 Å². The van der Waals surface area contributed by atoms with E-state index in [1.54, 1.807) is 0 Å². The standard InChI is InChI=1S/C24H28FN3O3S2/c25-19-7-9-20(10-8-19)33(30,31)27-14-11-18(12-15-27)23-26-21(16-32-23)24(29)28-13-3-5-17-4-1-2-6-22(17)28/h6-10,16-18H,1-5,11-15H2. The van der Waals surface area contributed by atoms with E-state index in [0.29, 0.717) is 37.5 Å². The summed E-state index contributed by atoms with van der Waals surface area (Å²) < 4.78 is 40.4. The summed E-state index contributed by atoms with van der Waals surface area (Å²) in [4.78, 5) is 20.0. The zero-order valence-corrected chi connectivity index (χ0v) is 20.1. The Bertz CT molecular complexity index is 1150. The lowest BCUT2D eigenvalue weighted by molar-refractivity contribution is 0.0743. The number of fused-ring (bicyclic) bond motifs is 1. The normalized spacial score (nSPS) is 22.6. The molecule has 2 saturated heterocycles. The molecule has 2 fully saturated rings. The monoisotopic (exact) mass is 489 g/mol. The molecule has 9 heteroatoms. The van der Waals surface area contributed by atoms with Crippen molar-refractivity contribution in [3.63, 3.8) is 0 Å². The van der Waals surface area contributed by atoms with Crippen molar-refractivity contribution < 1.29 is 17.6 Å². The van der Waals surface area contributed by atoms with Crippen LogP contribution in [0.25, 0.3) is 0 Å². The van der Waals surface area contributed by atoms with E-state index in [0.717, 1.165) is 37.2 Å². The molecule has 1 aromatic heterocycles. The predicted molar refractivity (Wildman–Crippen MR) is 125 cm³/mol. The number of rotatable bonds is 4. The summed E-state index contributed by atoms with van der Waals surface area (Å²) in [5.74, 6) is 0.175. The maximum atomic E-state index is 13.2. The fraction of sp³-hybridized carbons (Fsp3) is 0.500. The third kappa shape index (κ3) is 4.50. The van der Waals surface area contributed by atoms with Gasteiger partial charge in [-0.2, -0.15) is 4.31 Å². The summed E-state index contributed by atoms with van der Waals surface area (Å²) in [6.45, 7) is 1.52. The van der Waals surface area contributed by atoms with Gasteiger partial charge in [-0.05, 0) is 75.1 Å². The zero-order chi connectivity index (χ0) is 23.0. The summed E-state index contributed by atoms with van der Waals surface area (Å²) >= 11 is 1.50. The number of sulfonamides is 1. The molecule has 33 heavy (non-hydrogen) atoms. The van der Waals surface area contributed by atoms with Crippen molar-refractivity contribution >= 4 is 27.3 Å². The van der Waals surface area contributed by atoms with Gasteiger partial charge in [0, 0.05) is 36.6 Å². The van der Waals surface area contributed by atoms with Crippen LogP contribution >= 0.6 is 11.3 Å². The molecule has 0 N–H and O–H groups in total. The Morgan fingerprint density at radius 3 is 2.48 bits per heavy atom. The van der Waals surface area contributed by atoms with Crippen molar-refractivity contribution in [3.05, 3.63) is 57.9 Å². The number of hydrogen-bond donors (Lipinski definition) is 0. The largest absolute Gasteiger partial charge is 0.311 e. The van der Waals surface area contributed by atoms with E-state index in [2.05, 4.69) is 6.08 Å². The molecule has 2 aliphatic heterocycles. The minimum absolute atomic E-state index is 0.00771. The summed E-state index contributed by atoms with van der Waals surface area (Å²) in [5.41, 5.74) is 1.69. The minimum atomic E-state index is -3.64. The van der Waals surface area contributed by atoms with Crippen LogP contribution in [0.3, 0.4) is 0 Å². The van der Waals surface area contributed by atoms with Gasteiger partial charge >= 0.3 is 0 Å². The van der Waals surface area contributed by atoms with Gasteiger partial charge in [-0.25, -0.2) is 17.8 Å². The van der Waals surface area contributed by atoms with Gasteiger partial charge in [-0.1, -0.05) is 6.08 Å². The third-order valence-electron chi connectivity index (χ3n) is 7.02. The highest BCUT2D eigenvalue weighted by Gasteiger charge is 2.34. The minimum Gasteiger partial charge on any atom is -0.311 e. The van der Waals surface area contributed by atoms with Gasteiger partial charge in [0.2, 0.25) is 10.0 Å². The number of thiazole rings is 1. The van der Waals surface area contributed by atoms with Gasteiger partial charge in [0.15, 0.2) is 0 Å². The number of aromatic nitrogens is 1. The Morgan fingerprint density at radius 2 is 1.73 bits per heavy atom. The van der Waals surface area contributed by atoms with Crippen LogP contribution in [-0.2, 0) is 10.0 Å². The van der Waals surface area contributed by atoms with Crippen molar-refractivity contribution in [1.29, 1.82) is 0 Å². The lowest BCUT2D eigenvalue weighted by atomic mass is 9.85. The predicted octanol–water partition coefficient (Wildman–Crippen LogP) is 4.77. The maximum Gasteiger partial charge on any atom is 0.277 e. The number of halogens is 1. The van der Waals surface area contributed by atoms with Crippen LogP contribution in [0.2, 0.25) is 0 Å². The first kappa shape index (κ1) is 22.7. The van der Waals surface area contributed by atoms with Gasteiger partial charge in [-0.15, -0.1) is 11.3 Å². The van der Waals surface area contributed by atoms with E-state index in [1.165, 1.54) is 52.0 Å². The van der Waals surface area contributed by atoms with Gasteiger partial charge in [0.25, 0.3) is 5.91 Å². The highest BCUT2D eigenvalue weighted by molar-refractivity contribution is 7.89. The van der Waals surface area contributed by atoms with Crippen LogP contribution < -0.4 is 0 Å². The Balaban J connectivity index is 1.24. The number of carbonyl (C=O) groups is 1. The highest BCUT2D eigenvalue weighted by atomic mass is 32.2. The molecule has 1 amide bonds. The first-order valence-electron chi connectivity index (χ1n) is 11.7. The fourth-order valence-corrected chi connectivity index (χ4v) is 7.64. The molecule has 3 aliphatic rings. The molecule has 1 atom stereocenters. The van der Waals surface area contributed by atoms with Gasteiger partial charge < -0.3 is 4.90 Å². The molecule has 2 aromatic rings. The number of allylic oxidation sites excluding steroid dienone is 2. The zero-order valence-electron chi connectivity index (χ0n) is 18.5. The number of carbonyl (C=O) groups excluding carboxylic acids is 1. The van der Waals surface area contributed by atoms with E-state index in [1.807, 2.05) is 10.3 Å². The van der Waals surface area contributed by atoms with Crippen LogP contribution in [0, 0.1) is 11.7 Å². The Kier molecular flexibility index (Phi) is 6.37. The van der Waals surface area contributed by atoms with E-state index >= 15 is 0 Å². The lowest BCUT2D eigenvalue weighted by Crippen LogP contribution is -2.39. The molecule has 1 aromatic carbocycles. The molecule has 6 nitrogen and oxygen atoms in total. The van der Waals surface area contributed by atoms with E-state index in [4.69, 9.17) is 4.98 Å². The fourth-order valence-electron chi connectivity index (χ4n) is 5.21. The van der Waals surface area contributed by atoms with Crippen LogP contribution in [0.15, 0.2) is 46.3 Å². The van der Waals surface area contributed by atoms with Crippen LogP contribution in [0.5, 0.6) is 0 Å². The molecule has 5 rings (SSSR count). The summed E-state index contributed by atoms with van der Waals surface area (Å²) in [7, 11) is -3.64. The van der Waals surface area contributed by atoms with Crippen LogP contribution in [0.1, 0.15) is 66.4 Å². The molecule has 3 heterocycles. The topological polar surface area (TPSA) is 70.6 Å². The quantitative estimate of drug-likeness (QED) is 0.620. The van der Waals surface area contributed by atoms with E-state index < -0.39 is 15.8 Å². The molecule has 0 spiro atoms.